The van der Waals surface area contributed by atoms with Crippen molar-refractivity contribution in [3.8, 4) is 0 Å². The molecule has 0 spiro atoms. The van der Waals surface area contributed by atoms with Gasteiger partial charge in [0.1, 0.15) is 11.4 Å². The first-order chi connectivity index (χ1) is 8.09. The molecular formula is C11H11N3O3. The summed E-state index contributed by atoms with van der Waals surface area (Å²) >= 11 is 0. The third-order valence-corrected chi connectivity index (χ3v) is 2.45. The van der Waals surface area contributed by atoms with Gasteiger partial charge in [-0.05, 0) is 17.7 Å². The van der Waals surface area contributed by atoms with Crippen molar-refractivity contribution < 1.29 is 14.6 Å². The van der Waals surface area contributed by atoms with Gasteiger partial charge in [0.15, 0.2) is 11.9 Å². The standard InChI is InChI=1S/C11H11N3O3/c12-10(13)8-9(15)7(17-11(8)16)5-6-1-3-14-4-2-6/h1-4,7,15H,5H2,(H3,12,13)/t7-/m0/s1. The van der Waals surface area contributed by atoms with Crippen LogP contribution in [0.15, 0.2) is 35.9 Å². The summed E-state index contributed by atoms with van der Waals surface area (Å²) in [5.74, 6) is -1.52. The van der Waals surface area contributed by atoms with Gasteiger partial charge in [0.2, 0.25) is 0 Å². The Morgan fingerprint density at radius 1 is 1.53 bits per heavy atom. The maximum atomic E-state index is 11.4. The molecule has 0 aliphatic carbocycles. The van der Waals surface area contributed by atoms with Crippen LogP contribution in [0.3, 0.4) is 0 Å². The number of aliphatic hydroxyl groups excluding tert-OH is 1. The summed E-state index contributed by atoms with van der Waals surface area (Å²) in [7, 11) is 0. The van der Waals surface area contributed by atoms with E-state index >= 15 is 0 Å². The molecule has 0 saturated heterocycles. The van der Waals surface area contributed by atoms with Crippen molar-refractivity contribution in [2.45, 2.75) is 12.5 Å². The highest BCUT2D eigenvalue weighted by Gasteiger charge is 2.35. The monoisotopic (exact) mass is 233 g/mol. The van der Waals surface area contributed by atoms with E-state index in [1.807, 2.05) is 0 Å². The van der Waals surface area contributed by atoms with Crippen LogP contribution in [0, 0.1) is 5.41 Å². The lowest BCUT2D eigenvalue weighted by molar-refractivity contribution is -0.139. The molecule has 4 N–H and O–H groups in total. The van der Waals surface area contributed by atoms with E-state index in [0.717, 1.165) is 5.56 Å². The van der Waals surface area contributed by atoms with Gasteiger partial charge in [0.25, 0.3) is 0 Å². The molecule has 0 aromatic carbocycles. The molecule has 1 atom stereocenters. The number of ether oxygens (including phenoxy) is 1. The first-order valence-corrected chi connectivity index (χ1v) is 4.97. The van der Waals surface area contributed by atoms with Crippen molar-refractivity contribution in [3.05, 3.63) is 41.4 Å². The maximum absolute atomic E-state index is 11.4. The van der Waals surface area contributed by atoms with Crippen LogP contribution in [-0.2, 0) is 16.0 Å². The minimum absolute atomic E-state index is 0.246. The summed E-state index contributed by atoms with van der Waals surface area (Å²) in [6, 6.07) is 3.51. The summed E-state index contributed by atoms with van der Waals surface area (Å²) in [6.45, 7) is 0. The van der Waals surface area contributed by atoms with Crippen LogP contribution in [0.1, 0.15) is 5.56 Å². The van der Waals surface area contributed by atoms with Gasteiger partial charge in [-0.1, -0.05) is 0 Å². The Morgan fingerprint density at radius 2 is 2.18 bits per heavy atom. The van der Waals surface area contributed by atoms with Crippen molar-refractivity contribution in [2.75, 3.05) is 0 Å². The molecule has 1 aliphatic heterocycles. The summed E-state index contributed by atoms with van der Waals surface area (Å²) in [4.78, 5) is 15.2. The summed E-state index contributed by atoms with van der Waals surface area (Å²) in [5, 5.41) is 16.9. The van der Waals surface area contributed by atoms with Crippen LogP contribution in [0.2, 0.25) is 0 Å². The number of nitrogens with one attached hydrogen (secondary N) is 1. The number of hydrogen-bond donors (Lipinski definition) is 3. The number of pyridine rings is 1. The molecule has 1 aromatic heterocycles. The SMILES string of the molecule is N=C(N)C1=C(O)[C@H](Cc2ccncc2)OC1=O. The third kappa shape index (κ3) is 2.10. The zero-order valence-corrected chi connectivity index (χ0v) is 8.88. The normalized spacial score (nSPS) is 19.3. The van der Waals surface area contributed by atoms with Crippen LogP contribution in [0.4, 0.5) is 0 Å². The first kappa shape index (κ1) is 11.1. The lowest BCUT2D eigenvalue weighted by Gasteiger charge is -2.09. The molecule has 0 bridgehead atoms. The number of aliphatic hydroxyl groups is 1. The first-order valence-electron chi connectivity index (χ1n) is 4.97. The molecule has 2 heterocycles. The zero-order valence-electron chi connectivity index (χ0n) is 8.88. The van der Waals surface area contributed by atoms with Crippen molar-refractivity contribution >= 4 is 11.8 Å². The molecule has 6 nitrogen and oxygen atoms in total. The Balaban J connectivity index is 2.20. The third-order valence-electron chi connectivity index (χ3n) is 2.45. The van der Waals surface area contributed by atoms with E-state index in [1.54, 1.807) is 24.5 Å². The summed E-state index contributed by atoms with van der Waals surface area (Å²) < 4.78 is 4.95. The van der Waals surface area contributed by atoms with Crippen molar-refractivity contribution in [2.24, 2.45) is 5.73 Å². The fourth-order valence-corrected chi connectivity index (χ4v) is 1.63. The average Bonchev–Trinajstić information content (AvgIpc) is 2.55. The van der Waals surface area contributed by atoms with Gasteiger partial charge in [0.05, 0.1) is 0 Å². The Kier molecular flexibility index (Phi) is 2.78. The Hall–Kier alpha value is -2.37. The van der Waals surface area contributed by atoms with E-state index < -0.39 is 17.9 Å². The predicted molar refractivity (Wildman–Crippen MR) is 59.4 cm³/mol. The van der Waals surface area contributed by atoms with Gasteiger partial charge in [-0.2, -0.15) is 0 Å². The van der Waals surface area contributed by atoms with Gasteiger partial charge in [-0.15, -0.1) is 0 Å². The number of nitrogens with two attached hydrogens (primary N) is 1. The number of carbonyl (C=O) groups is 1. The van der Waals surface area contributed by atoms with Gasteiger partial charge in [-0.3, -0.25) is 10.4 Å². The number of esters is 1. The van der Waals surface area contributed by atoms with E-state index in [4.69, 9.17) is 15.9 Å². The van der Waals surface area contributed by atoms with Crippen LogP contribution in [0.25, 0.3) is 0 Å². The molecule has 0 fully saturated rings. The fourth-order valence-electron chi connectivity index (χ4n) is 1.63. The van der Waals surface area contributed by atoms with Gasteiger partial charge >= 0.3 is 5.97 Å². The predicted octanol–water partition coefficient (Wildman–Crippen LogP) is 0.298. The van der Waals surface area contributed by atoms with E-state index in [-0.39, 0.29) is 11.3 Å². The quantitative estimate of drug-likeness (QED) is 0.395. The smallest absolute Gasteiger partial charge is 0.346 e. The molecule has 6 heteroatoms. The number of cyclic esters (lactones) is 1. The van der Waals surface area contributed by atoms with Crippen LogP contribution in [0.5, 0.6) is 0 Å². The van der Waals surface area contributed by atoms with Crippen molar-refractivity contribution in [1.82, 2.24) is 4.98 Å². The molecule has 1 aliphatic rings. The minimum atomic E-state index is -0.774. The number of hydrogen-bond acceptors (Lipinski definition) is 5. The molecule has 0 saturated carbocycles. The molecule has 2 rings (SSSR count). The Labute approximate surface area is 97.2 Å². The second kappa shape index (κ2) is 4.25. The van der Waals surface area contributed by atoms with E-state index in [1.165, 1.54) is 0 Å². The van der Waals surface area contributed by atoms with Crippen LogP contribution in [-0.4, -0.2) is 28.0 Å². The highest BCUT2D eigenvalue weighted by atomic mass is 16.6. The number of carbonyl (C=O) groups excluding carboxylic acids is 1. The number of aromatic nitrogens is 1. The van der Waals surface area contributed by atoms with E-state index in [0.29, 0.717) is 6.42 Å². The zero-order chi connectivity index (χ0) is 12.4. The van der Waals surface area contributed by atoms with E-state index in [9.17, 15) is 9.90 Å². The largest absolute Gasteiger partial charge is 0.507 e. The molecule has 0 amide bonds. The topological polar surface area (TPSA) is 109 Å². The second-order valence-electron chi connectivity index (χ2n) is 3.63. The number of amidine groups is 1. The van der Waals surface area contributed by atoms with Gasteiger partial charge in [0, 0.05) is 18.8 Å². The van der Waals surface area contributed by atoms with E-state index in [2.05, 4.69) is 4.98 Å². The molecular weight excluding hydrogens is 222 g/mol. The minimum Gasteiger partial charge on any atom is -0.507 e. The lowest BCUT2D eigenvalue weighted by Crippen LogP contribution is -2.18. The fraction of sp³-hybridized carbons (Fsp3) is 0.182. The molecule has 17 heavy (non-hydrogen) atoms. The van der Waals surface area contributed by atoms with Crippen LogP contribution < -0.4 is 5.73 Å². The van der Waals surface area contributed by atoms with Gasteiger partial charge < -0.3 is 15.6 Å². The average molecular weight is 233 g/mol. The molecule has 88 valence electrons. The molecule has 0 unspecified atom stereocenters. The van der Waals surface area contributed by atoms with Gasteiger partial charge in [-0.25, -0.2) is 4.79 Å². The lowest BCUT2D eigenvalue weighted by atomic mass is 10.1. The highest BCUT2D eigenvalue weighted by Crippen LogP contribution is 2.23. The maximum Gasteiger partial charge on any atom is 0.346 e. The van der Waals surface area contributed by atoms with Crippen LogP contribution >= 0.6 is 0 Å². The molecule has 1 aromatic rings. The summed E-state index contributed by atoms with van der Waals surface area (Å²) in [5.41, 5.74) is 5.81. The summed E-state index contributed by atoms with van der Waals surface area (Å²) in [6.07, 6.45) is 2.78. The number of nitrogens with zero attached hydrogens (tertiary/aromatic N) is 1. The van der Waals surface area contributed by atoms with Crippen molar-refractivity contribution in [1.29, 1.82) is 5.41 Å². The number of rotatable bonds is 3. The van der Waals surface area contributed by atoms with Crippen molar-refractivity contribution in [3.63, 3.8) is 0 Å². The molecule has 0 radical (unpaired) electrons. The Bertz CT molecular complexity index is 496. The Morgan fingerprint density at radius 3 is 2.71 bits per heavy atom. The second-order valence-corrected chi connectivity index (χ2v) is 3.63. The highest BCUT2D eigenvalue weighted by molar-refractivity contribution is 6.18.